The Hall–Kier alpha value is -1.50. The third-order valence-electron chi connectivity index (χ3n) is 1.24. The lowest BCUT2D eigenvalue weighted by molar-refractivity contribution is 0.778. The molecule has 0 spiro atoms. The van der Waals surface area contributed by atoms with Gasteiger partial charge in [-0.2, -0.15) is 5.26 Å². The Kier molecular flexibility index (Phi) is 3.00. The van der Waals surface area contributed by atoms with Gasteiger partial charge in [-0.1, -0.05) is 0 Å². The predicted octanol–water partition coefficient (Wildman–Crippen LogP) is 0.718. The van der Waals surface area contributed by atoms with Crippen LogP contribution in [-0.4, -0.2) is 15.0 Å². The van der Waals surface area contributed by atoms with Gasteiger partial charge in [0.05, 0.1) is 6.07 Å². The maximum Gasteiger partial charge on any atom is 0.131 e. The summed E-state index contributed by atoms with van der Waals surface area (Å²) in [5, 5.41) is 8.24. The molecule has 1 rings (SSSR count). The van der Waals surface area contributed by atoms with E-state index in [0.717, 1.165) is 18.7 Å². The Labute approximate surface area is 64.9 Å². The molecule has 1 heterocycles. The summed E-state index contributed by atoms with van der Waals surface area (Å²) in [6.07, 6.45) is 5.08. The van der Waals surface area contributed by atoms with Crippen molar-refractivity contribution in [1.29, 1.82) is 5.26 Å². The first kappa shape index (κ1) is 7.61. The van der Waals surface area contributed by atoms with E-state index in [1.54, 1.807) is 0 Å². The van der Waals surface area contributed by atoms with E-state index in [1.165, 1.54) is 12.7 Å². The van der Waals surface area contributed by atoms with Crippen LogP contribution in [0, 0.1) is 11.3 Å². The molecule has 0 aliphatic rings. The molecular formula is C7H8N4. The van der Waals surface area contributed by atoms with E-state index in [0.29, 0.717) is 6.42 Å². The molecule has 0 saturated heterocycles. The molecule has 0 amide bonds. The van der Waals surface area contributed by atoms with Gasteiger partial charge < -0.3 is 0 Å². The van der Waals surface area contributed by atoms with Crippen molar-refractivity contribution >= 4 is 0 Å². The van der Waals surface area contributed by atoms with Crippen molar-refractivity contribution in [2.24, 2.45) is 0 Å². The Bertz CT molecular complexity index is 238. The standard InChI is InChI=1S/C7H8N4/c8-4-2-1-3-7-10-5-9-6-11-7/h5-6H,1-3H2. The fraction of sp³-hybridized carbons (Fsp3) is 0.429. The average Bonchev–Trinajstić information content (AvgIpc) is 2.07. The summed E-state index contributed by atoms with van der Waals surface area (Å²) in [5.74, 6) is 0.759. The second kappa shape index (κ2) is 4.34. The average molecular weight is 148 g/mol. The van der Waals surface area contributed by atoms with Gasteiger partial charge in [-0.15, -0.1) is 0 Å². The first-order chi connectivity index (χ1) is 5.43. The lowest BCUT2D eigenvalue weighted by Gasteiger charge is -1.92. The molecular weight excluding hydrogens is 140 g/mol. The van der Waals surface area contributed by atoms with E-state index in [4.69, 9.17) is 5.26 Å². The van der Waals surface area contributed by atoms with Crippen molar-refractivity contribution in [3.63, 3.8) is 0 Å². The van der Waals surface area contributed by atoms with Gasteiger partial charge in [-0.3, -0.25) is 0 Å². The Morgan fingerprint density at radius 3 is 2.73 bits per heavy atom. The largest absolute Gasteiger partial charge is 0.225 e. The van der Waals surface area contributed by atoms with E-state index < -0.39 is 0 Å². The monoisotopic (exact) mass is 148 g/mol. The third-order valence-corrected chi connectivity index (χ3v) is 1.24. The van der Waals surface area contributed by atoms with Crippen LogP contribution < -0.4 is 0 Å². The summed E-state index contributed by atoms with van der Waals surface area (Å²) in [7, 11) is 0. The van der Waals surface area contributed by atoms with Crippen LogP contribution >= 0.6 is 0 Å². The van der Waals surface area contributed by atoms with Crippen molar-refractivity contribution in [3.8, 4) is 6.07 Å². The van der Waals surface area contributed by atoms with Gasteiger partial charge in [-0.25, -0.2) is 15.0 Å². The Morgan fingerprint density at radius 2 is 2.09 bits per heavy atom. The topological polar surface area (TPSA) is 62.5 Å². The summed E-state index contributed by atoms with van der Waals surface area (Å²) < 4.78 is 0. The van der Waals surface area contributed by atoms with Crippen LogP contribution in [0.25, 0.3) is 0 Å². The van der Waals surface area contributed by atoms with Gasteiger partial charge in [0, 0.05) is 12.8 Å². The maximum atomic E-state index is 8.24. The highest BCUT2D eigenvalue weighted by Crippen LogP contribution is 1.95. The van der Waals surface area contributed by atoms with Gasteiger partial charge in [0.1, 0.15) is 18.5 Å². The smallest absolute Gasteiger partial charge is 0.131 e. The van der Waals surface area contributed by atoms with Gasteiger partial charge in [0.2, 0.25) is 0 Å². The fourth-order valence-electron chi connectivity index (χ4n) is 0.718. The zero-order valence-electron chi connectivity index (χ0n) is 6.06. The maximum absolute atomic E-state index is 8.24. The predicted molar refractivity (Wildman–Crippen MR) is 38.4 cm³/mol. The molecule has 0 fully saturated rings. The molecule has 1 aromatic heterocycles. The minimum atomic E-state index is 0.561. The lowest BCUT2D eigenvalue weighted by Crippen LogP contribution is -1.94. The zero-order valence-corrected chi connectivity index (χ0v) is 6.06. The van der Waals surface area contributed by atoms with Crippen molar-refractivity contribution in [2.45, 2.75) is 19.3 Å². The first-order valence-electron chi connectivity index (χ1n) is 3.41. The normalized spacial score (nSPS) is 9.00. The molecule has 0 unspecified atom stereocenters. The highest BCUT2D eigenvalue weighted by molar-refractivity contribution is 4.83. The molecule has 11 heavy (non-hydrogen) atoms. The number of aryl methyl sites for hydroxylation is 1. The minimum Gasteiger partial charge on any atom is -0.225 e. The van der Waals surface area contributed by atoms with E-state index >= 15 is 0 Å². The third kappa shape index (κ3) is 2.72. The lowest BCUT2D eigenvalue weighted by atomic mass is 10.2. The van der Waals surface area contributed by atoms with Crippen LogP contribution in [0.15, 0.2) is 12.7 Å². The number of aromatic nitrogens is 3. The number of unbranched alkanes of at least 4 members (excludes halogenated alkanes) is 1. The molecule has 0 aliphatic heterocycles. The number of hydrogen-bond donors (Lipinski definition) is 0. The molecule has 4 nitrogen and oxygen atoms in total. The second-order valence-electron chi connectivity index (χ2n) is 2.07. The van der Waals surface area contributed by atoms with Crippen LogP contribution in [0.4, 0.5) is 0 Å². The summed E-state index contributed by atoms with van der Waals surface area (Å²) in [6.45, 7) is 0. The molecule has 0 aliphatic carbocycles. The Balaban J connectivity index is 2.35. The van der Waals surface area contributed by atoms with Crippen LogP contribution in [0.2, 0.25) is 0 Å². The number of rotatable bonds is 3. The van der Waals surface area contributed by atoms with Crippen LogP contribution in [0.3, 0.4) is 0 Å². The van der Waals surface area contributed by atoms with E-state index in [-0.39, 0.29) is 0 Å². The van der Waals surface area contributed by atoms with Crippen molar-refractivity contribution in [3.05, 3.63) is 18.5 Å². The van der Waals surface area contributed by atoms with Crippen molar-refractivity contribution in [2.75, 3.05) is 0 Å². The summed E-state index contributed by atoms with van der Waals surface area (Å²) >= 11 is 0. The molecule has 0 radical (unpaired) electrons. The highest BCUT2D eigenvalue weighted by Gasteiger charge is 1.92. The molecule has 56 valence electrons. The summed E-state index contributed by atoms with van der Waals surface area (Å²) in [6, 6.07) is 2.07. The number of nitrogens with zero attached hydrogens (tertiary/aromatic N) is 4. The number of nitriles is 1. The minimum absolute atomic E-state index is 0.561. The van der Waals surface area contributed by atoms with Gasteiger partial charge in [-0.05, 0) is 6.42 Å². The van der Waals surface area contributed by atoms with Gasteiger partial charge >= 0.3 is 0 Å². The molecule has 0 atom stereocenters. The Morgan fingerprint density at radius 1 is 1.36 bits per heavy atom. The van der Waals surface area contributed by atoms with E-state index in [2.05, 4.69) is 21.0 Å². The molecule has 0 N–H and O–H groups in total. The van der Waals surface area contributed by atoms with Crippen LogP contribution in [0.1, 0.15) is 18.7 Å². The quantitative estimate of drug-likeness (QED) is 0.592. The second-order valence-corrected chi connectivity index (χ2v) is 2.07. The molecule has 0 saturated carbocycles. The van der Waals surface area contributed by atoms with E-state index in [1.807, 2.05) is 0 Å². The summed E-state index contributed by atoms with van der Waals surface area (Å²) in [5.41, 5.74) is 0. The van der Waals surface area contributed by atoms with Gasteiger partial charge in [0.15, 0.2) is 0 Å². The van der Waals surface area contributed by atoms with Crippen molar-refractivity contribution < 1.29 is 0 Å². The first-order valence-corrected chi connectivity index (χ1v) is 3.41. The summed E-state index contributed by atoms with van der Waals surface area (Å²) in [4.78, 5) is 11.5. The highest BCUT2D eigenvalue weighted by atomic mass is 15.0. The molecule has 4 heteroatoms. The SMILES string of the molecule is N#CCCCc1ncncn1. The molecule has 0 aromatic carbocycles. The van der Waals surface area contributed by atoms with Crippen LogP contribution in [0.5, 0.6) is 0 Å². The van der Waals surface area contributed by atoms with Crippen LogP contribution in [-0.2, 0) is 6.42 Å². The molecule has 1 aromatic rings. The zero-order chi connectivity index (χ0) is 7.94. The number of hydrogen-bond acceptors (Lipinski definition) is 4. The van der Waals surface area contributed by atoms with Gasteiger partial charge in [0.25, 0.3) is 0 Å². The molecule has 0 bridgehead atoms. The van der Waals surface area contributed by atoms with Crippen molar-refractivity contribution in [1.82, 2.24) is 15.0 Å². The fourth-order valence-corrected chi connectivity index (χ4v) is 0.718. The van der Waals surface area contributed by atoms with E-state index in [9.17, 15) is 0 Å².